The summed E-state index contributed by atoms with van der Waals surface area (Å²) in [5.74, 6) is 3.56. The molecule has 35 heavy (non-hydrogen) atoms. The van der Waals surface area contributed by atoms with Crippen molar-refractivity contribution in [3.8, 4) is 11.3 Å². The van der Waals surface area contributed by atoms with Crippen molar-refractivity contribution in [2.75, 3.05) is 61.3 Å². The van der Waals surface area contributed by atoms with Gasteiger partial charge in [-0.1, -0.05) is 23.7 Å². The lowest BCUT2D eigenvalue weighted by atomic mass is 9.95. The lowest BCUT2D eigenvalue weighted by molar-refractivity contribution is 0.317. The van der Waals surface area contributed by atoms with Gasteiger partial charge >= 0.3 is 0 Å². The van der Waals surface area contributed by atoms with Gasteiger partial charge in [-0.2, -0.15) is 0 Å². The highest BCUT2D eigenvalue weighted by Gasteiger charge is 2.28. The highest BCUT2D eigenvalue weighted by atomic mass is 35.5. The Morgan fingerprint density at radius 3 is 2.63 bits per heavy atom. The largest absolute Gasteiger partial charge is 0.377 e. The SMILES string of the molecule is Clc1cccc(-c2cn(CCN3CCCC3)c(C3CCN(c4ncnc5c4NCCN5)CC3)n2)c1. The average molecular weight is 493 g/mol. The zero-order valence-corrected chi connectivity index (χ0v) is 20.8. The third-order valence-electron chi connectivity index (χ3n) is 7.49. The topological polar surface area (TPSA) is 74.1 Å². The Labute approximate surface area is 211 Å². The van der Waals surface area contributed by atoms with Gasteiger partial charge in [-0.15, -0.1) is 0 Å². The molecular formula is C26H33ClN8. The smallest absolute Gasteiger partial charge is 0.157 e. The Balaban J connectivity index is 1.22. The normalized spacial score (nSPS) is 18.8. The molecule has 8 nitrogen and oxygen atoms in total. The van der Waals surface area contributed by atoms with E-state index in [2.05, 4.69) is 47.2 Å². The summed E-state index contributed by atoms with van der Waals surface area (Å²) >= 11 is 6.30. The number of rotatable bonds is 6. The summed E-state index contributed by atoms with van der Waals surface area (Å²) in [5.41, 5.74) is 3.14. The van der Waals surface area contributed by atoms with Crippen molar-refractivity contribution in [2.45, 2.75) is 38.1 Å². The van der Waals surface area contributed by atoms with Crippen LogP contribution in [0.1, 0.15) is 37.4 Å². The molecule has 5 heterocycles. The quantitative estimate of drug-likeness (QED) is 0.531. The van der Waals surface area contributed by atoms with Crippen LogP contribution >= 0.6 is 11.6 Å². The second-order valence-corrected chi connectivity index (χ2v) is 10.2. The van der Waals surface area contributed by atoms with E-state index in [1.807, 2.05) is 18.2 Å². The molecule has 2 fully saturated rings. The molecule has 1 aromatic carbocycles. The lowest BCUT2D eigenvalue weighted by Gasteiger charge is -2.34. The molecule has 0 amide bonds. The van der Waals surface area contributed by atoms with E-state index in [1.54, 1.807) is 6.33 Å². The fourth-order valence-electron chi connectivity index (χ4n) is 5.61. The van der Waals surface area contributed by atoms with Crippen LogP contribution in [0, 0.1) is 0 Å². The number of benzene rings is 1. The fraction of sp³-hybridized carbons (Fsp3) is 0.500. The van der Waals surface area contributed by atoms with E-state index in [-0.39, 0.29) is 0 Å². The number of hydrogen-bond donors (Lipinski definition) is 2. The first-order valence-corrected chi connectivity index (χ1v) is 13.3. The maximum atomic E-state index is 6.30. The van der Waals surface area contributed by atoms with Gasteiger partial charge in [0, 0.05) is 62.0 Å². The van der Waals surface area contributed by atoms with E-state index < -0.39 is 0 Å². The van der Waals surface area contributed by atoms with E-state index in [1.165, 1.54) is 31.8 Å². The van der Waals surface area contributed by atoms with Gasteiger partial charge in [0.2, 0.25) is 0 Å². The third-order valence-corrected chi connectivity index (χ3v) is 7.72. The highest BCUT2D eigenvalue weighted by Crippen LogP contribution is 2.36. The standard InChI is InChI=1S/C26H33ClN8/c27-21-5-3-4-20(16-21)22-17-35(15-14-33-10-1-2-11-33)25(32-22)19-6-12-34(13-7-19)26-23-24(30-18-31-26)29-9-8-28-23/h3-5,16-19,28H,1-2,6-15H2,(H,29,30,31). The minimum atomic E-state index is 0.432. The number of nitrogens with one attached hydrogen (secondary N) is 2. The van der Waals surface area contributed by atoms with Crippen LogP contribution in [0.25, 0.3) is 11.3 Å². The molecule has 9 heteroatoms. The van der Waals surface area contributed by atoms with Crippen molar-refractivity contribution in [3.05, 3.63) is 47.6 Å². The molecule has 0 unspecified atom stereocenters. The number of piperidine rings is 1. The molecular weight excluding hydrogens is 460 g/mol. The van der Waals surface area contributed by atoms with E-state index in [0.717, 1.165) is 85.7 Å². The number of anilines is 3. The zero-order valence-electron chi connectivity index (χ0n) is 20.1. The van der Waals surface area contributed by atoms with Crippen LogP contribution in [0.2, 0.25) is 5.02 Å². The summed E-state index contributed by atoms with van der Waals surface area (Å²) < 4.78 is 2.41. The van der Waals surface area contributed by atoms with E-state index in [9.17, 15) is 0 Å². The summed E-state index contributed by atoms with van der Waals surface area (Å²) in [4.78, 5) is 19.2. The predicted octanol–water partition coefficient (Wildman–Crippen LogP) is 4.31. The second kappa shape index (κ2) is 10.0. The molecule has 3 aliphatic heterocycles. The van der Waals surface area contributed by atoms with Crippen LogP contribution in [-0.4, -0.2) is 70.2 Å². The lowest BCUT2D eigenvalue weighted by Crippen LogP contribution is -2.36. The van der Waals surface area contributed by atoms with Crippen molar-refractivity contribution in [3.63, 3.8) is 0 Å². The monoisotopic (exact) mass is 492 g/mol. The number of aromatic nitrogens is 4. The van der Waals surface area contributed by atoms with Crippen LogP contribution in [0.5, 0.6) is 0 Å². The number of likely N-dealkylation sites (tertiary alicyclic amines) is 1. The average Bonchev–Trinajstić information content (AvgIpc) is 3.57. The van der Waals surface area contributed by atoms with Crippen molar-refractivity contribution in [1.82, 2.24) is 24.4 Å². The van der Waals surface area contributed by atoms with Gasteiger partial charge in [0.25, 0.3) is 0 Å². The van der Waals surface area contributed by atoms with Crippen molar-refractivity contribution in [1.29, 1.82) is 0 Å². The first-order valence-electron chi connectivity index (χ1n) is 12.9. The van der Waals surface area contributed by atoms with E-state index in [0.29, 0.717) is 5.92 Å². The number of nitrogens with zero attached hydrogens (tertiary/aromatic N) is 6. The third kappa shape index (κ3) is 4.82. The maximum Gasteiger partial charge on any atom is 0.157 e. The summed E-state index contributed by atoms with van der Waals surface area (Å²) in [7, 11) is 0. The maximum absolute atomic E-state index is 6.30. The van der Waals surface area contributed by atoms with E-state index in [4.69, 9.17) is 16.6 Å². The van der Waals surface area contributed by atoms with Crippen molar-refractivity contribution in [2.24, 2.45) is 0 Å². The molecule has 2 saturated heterocycles. The van der Waals surface area contributed by atoms with Crippen LogP contribution in [0.4, 0.5) is 17.3 Å². The van der Waals surface area contributed by atoms with Gasteiger partial charge in [-0.05, 0) is 50.9 Å². The highest BCUT2D eigenvalue weighted by molar-refractivity contribution is 6.30. The van der Waals surface area contributed by atoms with Crippen LogP contribution in [-0.2, 0) is 6.54 Å². The Morgan fingerprint density at radius 2 is 1.80 bits per heavy atom. The first-order chi connectivity index (χ1) is 17.2. The summed E-state index contributed by atoms with van der Waals surface area (Å²) in [6, 6.07) is 8.04. The molecule has 2 aromatic heterocycles. The molecule has 0 aliphatic carbocycles. The Kier molecular flexibility index (Phi) is 6.48. The number of hydrogen-bond acceptors (Lipinski definition) is 7. The number of halogens is 1. The van der Waals surface area contributed by atoms with Crippen LogP contribution in [0.3, 0.4) is 0 Å². The van der Waals surface area contributed by atoms with Crippen LogP contribution < -0.4 is 15.5 Å². The Hall–Kier alpha value is -2.84. The molecule has 6 rings (SSSR count). The molecule has 2 N–H and O–H groups in total. The minimum Gasteiger partial charge on any atom is -0.377 e. The van der Waals surface area contributed by atoms with Gasteiger partial charge < -0.3 is 25.0 Å². The predicted molar refractivity (Wildman–Crippen MR) is 142 cm³/mol. The van der Waals surface area contributed by atoms with Gasteiger partial charge in [-0.3, -0.25) is 0 Å². The van der Waals surface area contributed by atoms with Gasteiger partial charge in [-0.25, -0.2) is 15.0 Å². The summed E-state index contributed by atoms with van der Waals surface area (Å²) in [6.45, 7) is 8.21. The molecule has 0 bridgehead atoms. The fourth-order valence-corrected chi connectivity index (χ4v) is 5.80. The number of imidazole rings is 1. The first kappa shape index (κ1) is 22.6. The Bertz CT molecular complexity index is 1160. The van der Waals surface area contributed by atoms with Gasteiger partial charge in [0.15, 0.2) is 11.6 Å². The summed E-state index contributed by atoms with van der Waals surface area (Å²) in [5, 5.41) is 7.62. The molecule has 184 valence electrons. The molecule has 0 atom stereocenters. The van der Waals surface area contributed by atoms with E-state index >= 15 is 0 Å². The zero-order chi connectivity index (χ0) is 23.6. The van der Waals surface area contributed by atoms with Gasteiger partial charge in [0.1, 0.15) is 17.8 Å². The number of fused-ring (bicyclic) bond motifs is 1. The Morgan fingerprint density at radius 1 is 0.971 bits per heavy atom. The minimum absolute atomic E-state index is 0.432. The molecule has 0 radical (unpaired) electrons. The van der Waals surface area contributed by atoms with Crippen molar-refractivity contribution >= 4 is 28.9 Å². The second-order valence-electron chi connectivity index (χ2n) is 9.77. The molecule has 3 aromatic rings. The van der Waals surface area contributed by atoms with Gasteiger partial charge in [0.05, 0.1) is 5.69 Å². The molecule has 0 spiro atoms. The van der Waals surface area contributed by atoms with Crippen molar-refractivity contribution < 1.29 is 0 Å². The molecule has 0 saturated carbocycles. The van der Waals surface area contributed by atoms with Crippen LogP contribution in [0.15, 0.2) is 36.8 Å². The molecule has 3 aliphatic rings. The summed E-state index contributed by atoms with van der Waals surface area (Å²) in [6.07, 6.45) is 8.66.